The van der Waals surface area contributed by atoms with Gasteiger partial charge in [-0.15, -0.1) is 0 Å². The van der Waals surface area contributed by atoms with Crippen LogP contribution in [0.4, 0.5) is 0 Å². The maximum atomic E-state index is 12.2. The second-order valence-electron chi connectivity index (χ2n) is 6.49. The van der Waals surface area contributed by atoms with E-state index in [2.05, 4.69) is 20.3 Å². The Labute approximate surface area is 148 Å². The van der Waals surface area contributed by atoms with E-state index < -0.39 is 0 Å². The predicted octanol–water partition coefficient (Wildman–Crippen LogP) is 1.32. The van der Waals surface area contributed by atoms with E-state index >= 15 is 0 Å². The van der Waals surface area contributed by atoms with Crippen LogP contribution >= 0.6 is 0 Å². The monoisotopic (exact) mass is 343 g/mol. The summed E-state index contributed by atoms with van der Waals surface area (Å²) in [6.07, 6.45) is 5.60. The highest BCUT2D eigenvalue weighted by atomic mass is 16.5. The molecule has 0 bridgehead atoms. The molecule has 0 radical (unpaired) electrons. The molecular formula is C18H25N5O2. The molecule has 1 aliphatic rings. The van der Waals surface area contributed by atoms with Gasteiger partial charge in [0.05, 0.1) is 13.7 Å². The highest BCUT2D eigenvalue weighted by molar-refractivity contribution is 5.78. The molecule has 1 atom stereocenters. The Morgan fingerprint density at radius 3 is 2.92 bits per heavy atom. The van der Waals surface area contributed by atoms with E-state index in [1.54, 1.807) is 19.8 Å². The standard InChI is InChI=1S/C18H25N5O2/c1-25-17-6-4-15(5-7-17)9-20-18(24)12-22-8-2-3-16(10-22)11-23-14-19-13-21-23/h4-7,13-14,16H,2-3,8-12H2,1H3,(H,20,24). The molecule has 1 unspecified atom stereocenters. The topological polar surface area (TPSA) is 72.3 Å². The fourth-order valence-corrected chi connectivity index (χ4v) is 3.24. The second kappa shape index (κ2) is 8.62. The van der Waals surface area contributed by atoms with Gasteiger partial charge >= 0.3 is 0 Å². The van der Waals surface area contributed by atoms with Gasteiger partial charge in [0.1, 0.15) is 18.4 Å². The number of hydrogen-bond donors (Lipinski definition) is 1. The van der Waals surface area contributed by atoms with Crippen molar-refractivity contribution in [3.63, 3.8) is 0 Å². The lowest BCUT2D eigenvalue weighted by Gasteiger charge is -2.32. The molecule has 0 spiro atoms. The number of hydrogen-bond acceptors (Lipinski definition) is 5. The van der Waals surface area contributed by atoms with Gasteiger partial charge in [-0.3, -0.25) is 14.4 Å². The first-order valence-corrected chi connectivity index (χ1v) is 8.67. The minimum Gasteiger partial charge on any atom is -0.497 e. The summed E-state index contributed by atoms with van der Waals surface area (Å²) in [6, 6.07) is 7.74. The van der Waals surface area contributed by atoms with Crippen molar-refractivity contribution in [1.82, 2.24) is 25.0 Å². The maximum absolute atomic E-state index is 12.2. The van der Waals surface area contributed by atoms with Crippen LogP contribution in [0.5, 0.6) is 5.75 Å². The summed E-state index contributed by atoms with van der Waals surface area (Å²) in [5.74, 6) is 1.41. The molecule has 1 N–H and O–H groups in total. The lowest BCUT2D eigenvalue weighted by Crippen LogP contribution is -2.43. The van der Waals surface area contributed by atoms with Crippen molar-refractivity contribution < 1.29 is 9.53 Å². The van der Waals surface area contributed by atoms with Crippen molar-refractivity contribution in [2.24, 2.45) is 5.92 Å². The molecule has 0 saturated carbocycles. The summed E-state index contributed by atoms with van der Waals surface area (Å²) >= 11 is 0. The number of carbonyl (C=O) groups is 1. The maximum Gasteiger partial charge on any atom is 0.234 e. The van der Waals surface area contributed by atoms with Gasteiger partial charge in [0.25, 0.3) is 0 Å². The summed E-state index contributed by atoms with van der Waals surface area (Å²) in [4.78, 5) is 18.4. The van der Waals surface area contributed by atoms with Gasteiger partial charge in [-0.25, -0.2) is 4.98 Å². The summed E-state index contributed by atoms with van der Waals surface area (Å²) in [5, 5.41) is 7.17. The van der Waals surface area contributed by atoms with E-state index in [1.165, 1.54) is 6.42 Å². The van der Waals surface area contributed by atoms with E-state index in [0.717, 1.165) is 37.4 Å². The molecule has 3 rings (SSSR count). The molecule has 2 heterocycles. The summed E-state index contributed by atoms with van der Waals surface area (Å²) < 4.78 is 7.01. The van der Waals surface area contributed by atoms with Gasteiger partial charge in [-0.2, -0.15) is 5.10 Å². The van der Waals surface area contributed by atoms with Gasteiger partial charge in [-0.1, -0.05) is 12.1 Å². The molecule has 2 aromatic rings. The fraction of sp³-hybridized carbons (Fsp3) is 0.500. The molecule has 0 aliphatic carbocycles. The largest absolute Gasteiger partial charge is 0.497 e. The van der Waals surface area contributed by atoms with Crippen LogP contribution in [-0.4, -0.2) is 52.3 Å². The molecule has 1 aromatic heterocycles. The molecule has 7 heteroatoms. The molecule has 134 valence electrons. The lowest BCUT2D eigenvalue weighted by molar-refractivity contribution is -0.122. The Balaban J connectivity index is 1.42. The normalized spacial score (nSPS) is 18.0. The summed E-state index contributed by atoms with van der Waals surface area (Å²) in [6.45, 7) is 3.76. The summed E-state index contributed by atoms with van der Waals surface area (Å²) in [7, 11) is 1.64. The zero-order valence-electron chi connectivity index (χ0n) is 14.6. The van der Waals surface area contributed by atoms with Crippen molar-refractivity contribution >= 4 is 5.91 Å². The number of likely N-dealkylation sites (tertiary alicyclic amines) is 1. The van der Waals surface area contributed by atoms with Gasteiger partial charge in [0, 0.05) is 19.6 Å². The second-order valence-corrected chi connectivity index (χ2v) is 6.49. The fourth-order valence-electron chi connectivity index (χ4n) is 3.24. The highest BCUT2D eigenvalue weighted by Crippen LogP contribution is 2.17. The van der Waals surface area contributed by atoms with Crippen LogP contribution in [0, 0.1) is 5.92 Å². The van der Waals surface area contributed by atoms with Crippen molar-refractivity contribution in [2.45, 2.75) is 25.9 Å². The van der Waals surface area contributed by atoms with Crippen LogP contribution in [0.1, 0.15) is 18.4 Å². The van der Waals surface area contributed by atoms with Crippen LogP contribution in [0.25, 0.3) is 0 Å². The Bertz CT molecular complexity index is 657. The van der Waals surface area contributed by atoms with Crippen LogP contribution in [0.15, 0.2) is 36.9 Å². The quantitative estimate of drug-likeness (QED) is 0.821. The Morgan fingerprint density at radius 1 is 1.36 bits per heavy atom. The van der Waals surface area contributed by atoms with Crippen LogP contribution in [0.2, 0.25) is 0 Å². The average Bonchev–Trinajstić information content (AvgIpc) is 3.14. The molecule has 25 heavy (non-hydrogen) atoms. The van der Waals surface area contributed by atoms with E-state index in [-0.39, 0.29) is 5.91 Å². The molecule has 1 saturated heterocycles. The number of nitrogens with one attached hydrogen (secondary N) is 1. The van der Waals surface area contributed by atoms with Gasteiger partial charge in [0.2, 0.25) is 5.91 Å². The molecule has 7 nitrogen and oxygen atoms in total. The van der Waals surface area contributed by atoms with Gasteiger partial charge in [-0.05, 0) is 43.0 Å². The number of carbonyl (C=O) groups excluding carboxylic acids is 1. The van der Waals surface area contributed by atoms with Crippen molar-refractivity contribution in [1.29, 1.82) is 0 Å². The SMILES string of the molecule is COc1ccc(CNC(=O)CN2CCCC(Cn3cncn3)C2)cc1. The zero-order chi connectivity index (χ0) is 17.5. The van der Waals surface area contributed by atoms with E-state index in [1.807, 2.05) is 28.9 Å². The number of nitrogens with zero attached hydrogens (tertiary/aromatic N) is 4. The molecule has 1 aromatic carbocycles. The van der Waals surface area contributed by atoms with E-state index in [0.29, 0.717) is 19.0 Å². The van der Waals surface area contributed by atoms with Crippen LogP contribution < -0.4 is 10.1 Å². The lowest BCUT2D eigenvalue weighted by atomic mass is 9.98. The van der Waals surface area contributed by atoms with Gasteiger partial charge < -0.3 is 10.1 Å². The number of methoxy groups -OCH3 is 1. The van der Waals surface area contributed by atoms with Crippen LogP contribution in [-0.2, 0) is 17.9 Å². The third-order valence-corrected chi connectivity index (χ3v) is 4.53. The molecule has 1 amide bonds. The first kappa shape index (κ1) is 17.4. The molecular weight excluding hydrogens is 318 g/mol. The minimum absolute atomic E-state index is 0.0669. The Kier molecular flexibility index (Phi) is 6.00. The zero-order valence-corrected chi connectivity index (χ0v) is 14.6. The van der Waals surface area contributed by atoms with E-state index in [9.17, 15) is 4.79 Å². The number of amides is 1. The number of aromatic nitrogens is 3. The minimum atomic E-state index is 0.0669. The van der Waals surface area contributed by atoms with Crippen molar-refractivity contribution in [2.75, 3.05) is 26.7 Å². The smallest absolute Gasteiger partial charge is 0.234 e. The molecule has 1 aliphatic heterocycles. The third-order valence-electron chi connectivity index (χ3n) is 4.53. The number of ether oxygens (including phenoxy) is 1. The van der Waals surface area contributed by atoms with Gasteiger partial charge in [0.15, 0.2) is 0 Å². The third kappa shape index (κ3) is 5.29. The van der Waals surface area contributed by atoms with Crippen LogP contribution in [0.3, 0.4) is 0 Å². The summed E-state index contributed by atoms with van der Waals surface area (Å²) in [5.41, 5.74) is 1.07. The first-order valence-electron chi connectivity index (χ1n) is 8.67. The highest BCUT2D eigenvalue weighted by Gasteiger charge is 2.22. The number of benzene rings is 1. The Morgan fingerprint density at radius 2 is 2.20 bits per heavy atom. The number of rotatable bonds is 7. The molecule has 1 fully saturated rings. The van der Waals surface area contributed by atoms with Crippen molar-refractivity contribution in [3.05, 3.63) is 42.5 Å². The first-order chi connectivity index (χ1) is 12.2. The Hall–Kier alpha value is -2.41. The number of piperidine rings is 1. The average molecular weight is 343 g/mol. The van der Waals surface area contributed by atoms with E-state index in [4.69, 9.17) is 4.74 Å². The predicted molar refractivity (Wildman–Crippen MR) is 94.0 cm³/mol. The van der Waals surface area contributed by atoms with Crippen molar-refractivity contribution in [3.8, 4) is 5.75 Å².